The molecule has 0 aliphatic carbocycles. The second-order valence-corrected chi connectivity index (χ2v) is 5.48. The lowest BCUT2D eigenvalue weighted by Crippen LogP contribution is -2.13. The zero-order valence-electron chi connectivity index (χ0n) is 13.0. The molecular formula is C17H16N2O5. The molecule has 24 heavy (non-hydrogen) atoms. The van der Waals surface area contributed by atoms with Gasteiger partial charge in [-0.2, -0.15) is 0 Å². The Bertz CT molecular complexity index is 786. The minimum Gasteiger partial charge on any atom is -0.491 e. The minimum atomic E-state index is -0.530. The third-order valence-electron chi connectivity index (χ3n) is 3.61. The predicted molar refractivity (Wildman–Crippen MR) is 87.5 cm³/mol. The fraction of sp³-hybridized carbons (Fsp3) is 0.235. The van der Waals surface area contributed by atoms with Gasteiger partial charge in [0.05, 0.1) is 11.5 Å². The number of nitrogens with one attached hydrogen (secondary N) is 1. The van der Waals surface area contributed by atoms with E-state index in [1.54, 1.807) is 30.3 Å². The Morgan fingerprint density at radius 2 is 2.12 bits per heavy atom. The molecule has 7 nitrogen and oxygen atoms in total. The maximum atomic E-state index is 12.3. The van der Waals surface area contributed by atoms with Crippen LogP contribution in [0, 0.1) is 17.0 Å². The maximum absolute atomic E-state index is 12.3. The summed E-state index contributed by atoms with van der Waals surface area (Å²) in [5, 5.41) is 13.6. The monoisotopic (exact) mass is 328 g/mol. The number of amides is 1. The molecule has 0 aromatic heterocycles. The average Bonchev–Trinajstić information content (AvgIpc) is 3.38. The van der Waals surface area contributed by atoms with E-state index in [4.69, 9.17) is 9.47 Å². The largest absolute Gasteiger partial charge is 0.491 e. The van der Waals surface area contributed by atoms with Gasteiger partial charge in [-0.05, 0) is 36.8 Å². The number of anilines is 1. The van der Waals surface area contributed by atoms with Crippen molar-refractivity contribution in [1.29, 1.82) is 0 Å². The molecule has 0 saturated carbocycles. The van der Waals surface area contributed by atoms with Gasteiger partial charge < -0.3 is 14.8 Å². The molecule has 3 rings (SSSR count). The Balaban J connectivity index is 1.73. The van der Waals surface area contributed by atoms with Crippen molar-refractivity contribution < 1.29 is 19.2 Å². The van der Waals surface area contributed by atoms with E-state index < -0.39 is 10.8 Å². The predicted octanol–water partition coefficient (Wildman–Crippen LogP) is 2.93. The summed E-state index contributed by atoms with van der Waals surface area (Å²) in [6.07, 6.45) is 0.158. The van der Waals surface area contributed by atoms with Crippen molar-refractivity contribution in [2.75, 3.05) is 18.5 Å². The highest BCUT2D eigenvalue weighted by Crippen LogP contribution is 2.25. The number of rotatable bonds is 6. The molecule has 1 saturated heterocycles. The highest BCUT2D eigenvalue weighted by atomic mass is 16.6. The van der Waals surface area contributed by atoms with E-state index in [9.17, 15) is 14.9 Å². The van der Waals surface area contributed by atoms with E-state index in [0.717, 1.165) is 12.2 Å². The van der Waals surface area contributed by atoms with Gasteiger partial charge in [0, 0.05) is 11.6 Å². The van der Waals surface area contributed by atoms with Gasteiger partial charge in [0.15, 0.2) is 0 Å². The third kappa shape index (κ3) is 3.69. The first-order valence-electron chi connectivity index (χ1n) is 7.44. The van der Waals surface area contributed by atoms with Gasteiger partial charge in [-0.15, -0.1) is 0 Å². The van der Waals surface area contributed by atoms with Gasteiger partial charge >= 0.3 is 0 Å². The maximum Gasteiger partial charge on any atom is 0.292 e. The van der Waals surface area contributed by atoms with Crippen molar-refractivity contribution in [3.63, 3.8) is 0 Å². The van der Waals surface area contributed by atoms with Crippen LogP contribution >= 0.6 is 0 Å². The van der Waals surface area contributed by atoms with E-state index in [2.05, 4.69) is 5.32 Å². The van der Waals surface area contributed by atoms with E-state index in [1.807, 2.05) is 6.92 Å². The Kier molecular flexibility index (Phi) is 4.43. The SMILES string of the molecule is Cc1cc(C(=O)Nc2ccccc2[N+](=O)[O-])ccc1OCC1CO1. The van der Waals surface area contributed by atoms with E-state index >= 15 is 0 Å². The molecule has 2 aromatic rings. The van der Waals surface area contributed by atoms with E-state index in [0.29, 0.717) is 17.9 Å². The second-order valence-electron chi connectivity index (χ2n) is 5.48. The number of benzene rings is 2. The van der Waals surface area contributed by atoms with Crippen LogP contribution in [0.1, 0.15) is 15.9 Å². The van der Waals surface area contributed by atoms with Crippen molar-refractivity contribution in [2.24, 2.45) is 0 Å². The van der Waals surface area contributed by atoms with Crippen molar-refractivity contribution >= 4 is 17.3 Å². The molecule has 0 radical (unpaired) electrons. The van der Waals surface area contributed by atoms with Crippen LogP contribution in [-0.4, -0.2) is 30.1 Å². The number of carbonyl (C=O) groups excluding carboxylic acids is 1. The summed E-state index contributed by atoms with van der Waals surface area (Å²) in [4.78, 5) is 22.8. The summed E-state index contributed by atoms with van der Waals surface area (Å²) >= 11 is 0. The number of nitro groups is 1. The molecule has 1 atom stereocenters. The summed E-state index contributed by atoms with van der Waals surface area (Å²) in [5.41, 5.74) is 1.23. The number of aryl methyl sites for hydroxylation is 1. The van der Waals surface area contributed by atoms with Gasteiger partial charge in [-0.25, -0.2) is 0 Å². The quantitative estimate of drug-likeness (QED) is 0.500. The van der Waals surface area contributed by atoms with Crippen molar-refractivity contribution in [3.8, 4) is 5.75 Å². The molecular weight excluding hydrogens is 312 g/mol. The fourth-order valence-electron chi connectivity index (χ4n) is 2.23. The summed E-state index contributed by atoms with van der Waals surface area (Å²) in [7, 11) is 0. The summed E-state index contributed by atoms with van der Waals surface area (Å²) in [6, 6.07) is 11.0. The first kappa shape index (κ1) is 15.9. The van der Waals surface area contributed by atoms with Crippen molar-refractivity contribution in [2.45, 2.75) is 13.0 Å². The Morgan fingerprint density at radius 1 is 1.38 bits per heavy atom. The minimum absolute atomic E-state index is 0.146. The van der Waals surface area contributed by atoms with Crippen LogP contribution < -0.4 is 10.1 Å². The lowest BCUT2D eigenvalue weighted by molar-refractivity contribution is -0.383. The number of hydrogen-bond acceptors (Lipinski definition) is 5. The first-order chi connectivity index (χ1) is 11.5. The number of nitrogens with zero attached hydrogens (tertiary/aromatic N) is 1. The van der Waals surface area contributed by atoms with Crippen molar-refractivity contribution in [3.05, 3.63) is 63.7 Å². The number of ether oxygens (including phenoxy) is 2. The van der Waals surface area contributed by atoms with Crippen molar-refractivity contribution in [1.82, 2.24) is 0 Å². The van der Waals surface area contributed by atoms with E-state index in [-0.39, 0.29) is 17.5 Å². The molecule has 7 heteroatoms. The zero-order valence-corrected chi connectivity index (χ0v) is 13.0. The van der Waals surface area contributed by atoms with Crippen LogP contribution in [0.5, 0.6) is 5.75 Å². The number of nitro benzene ring substituents is 1. The molecule has 1 N–H and O–H groups in total. The molecule has 1 aliphatic heterocycles. The van der Waals surface area contributed by atoms with Crippen LogP contribution in [0.15, 0.2) is 42.5 Å². The molecule has 1 unspecified atom stereocenters. The van der Waals surface area contributed by atoms with Crippen LogP contribution in [0.4, 0.5) is 11.4 Å². The molecule has 124 valence electrons. The van der Waals surface area contributed by atoms with E-state index in [1.165, 1.54) is 12.1 Å². The summed E-state index contributed by atoms with van der Waals surface area (Å²) < 4.78 is 10.7. The number of epoxide rings is 1. The molecule has 1 heterocycles. The van der Waals surface area contributed by atoms with Gasteiger partial charge in [0.25, 0.3) is 11.6 Å². The molecule has 2 aromatic carbocycles. The topological polar surface area (TPSA) is 94.0 Å². The average molecular weight is 328 g/mol. The summed E-state index contributed by atoms with van der Waals surface area (Å²) in [5.74, 6) is 0.275. The standard InChI is InChI=1S/C17H16N2O5/c1-11-8-12(6-7-16(11)24-10-13-9-23-13)17(20)18-14-4-2-3-5-15(14)19(21)22/h2-8,13H,9-10H2,1H3,(H,18,20). The van der Waals surface area contributed by atoms with Gasteiger partial charge in [-0.1, -0.05) is 12.1 Å². The smallest absolute Gasteiger partial charge is 0.292 e. The third-order valence-corrected chi connectivity index (χ3v) is 3.61. The highest BCUT2D eigenvalue weighted by Gasteiger charge is 2.23. The number of carbonyl (C=O) groups is 1. The molecule has 1 amide bonds. The number of para-hydroxylation sites is 2. The Hall–Kier alpha value is -2.93. The molecule has 1 aliphatic rings. The fourth-order valence-corrected chi connectivity index (χ4v) is 2.23. The lowest BCUT2D eigenvalue weighted by atomic mass is 10.1. The van der Waals surface area contributed by atoms with Crippen LogP contribution in [0.2, 0.25) is 0 Å². The van der Waals surface area contributed by atoms with Gasteiger partial charge in [-0.3, -0.25) is 14.9 Å². The normalized spacial score (nSPS) is 15.6. The molecule has 0 spiro atoms. The highest BCUT2D eigenvalue weighted by molar-refractivity contribution is 6.05. The van der Waals surface area contributed by atoms with Crippen LogP contribution in [0.3, 0.4) is 0 Å². The zero-order chi connectivity index (χ0) is 17.1. The van der Waals surface area contributed by atoms with Crippen LogP contribution in [-0.2, 0) is 4.74 Å². The van der Waals surface area contributed by atoms with Gasteiger partial charge in [0.1, 0.15) is 24.1 Å². The lowest BCUT2D eigenvalue weighted by Gasteiger charge is -2.10. The second kappa shape index (κ2) is 6.67. The van der Waals surface area contributed by atoms with Crippen LogP contribution in [0.25, 0.3) is 0 Å². The Labute approximate surface area is 138 Å². The molecule has 0 bridgehead atoms. The summed E-state index contributed by atoms with van der Waals surface area (Å²) in [6.45, 7) is 3.04. The van der Waals surface area contributed by atoms with Gasteiger partial charge in [0.2, 0.25) is 0 Å². The Morgan fingerprint density at radius 3 is 2.79 bits per heavy atom. The molecule has 1 fully saturated rings. The first-order valence-corrected chi connectivity index (χ1v) is 7.44. The number of hydrogen-bond donors (Lipinski definition) is 1.